The van der Waals surface area contributed by atoms with Crippen molar-refractivity contribution < 1.29 is 9.18 Å². The molecule has 0 aromatic carbocycles. The van der Waals surface area contributed by atoms with Crippen molar-refractivity contribution >= 4 is 17.5 Å². The Hall–Kier alpha value is -2.83. The molecule has 0 atom stereocenters. The molecular formula is C13H10FN5O. The summed E-state index contributed by atoms with van der Waals surface area (Å²) in [5, 5.41) is 6.43. The average Bonchev–Trinajstić information content (AvgIpc) is 2.82. The van der Waals surface area contributed by atoms with Gasteiger partial charge < -0.3 is 0 Å². The molecule has 7 heteroatoms. The number of anilines is 1. The van der Waals surface area contributed by atoms with Gasteiger partial charge in [-0.15, -0.1) is 5.10 Å². The number of aromatic nitrogens is 4. The molecule has 0 fully saturated rings. The van der Waals surface area contributed by atoms with E-state index in [1.165, 1.54) is 17.5 Å². The molecule has 0 aliphatic carbocycles. The smallest absolute Gasteiger partial charge is 0.249 e. The molecule has 20 heavy (non-hydrogen) atoms. The fourth-order valence-corrected chi connectivity index (χ4v) is 1.85. The molecule has 0 saturated heterocycles. The molecule has 0 aliphatic rings. The van der Waals surface area contributed by atoms with Crippen LogP contribution in [0.1, 0.15) is 6.92 Å². The summed E-state index contributed by atoms with van der Waals surface area (Å²) in [6.07, 6.45) is 4.91. The van der Waals surface area contributed by atoms with Crippen LogP contribution in [0.5, 0.6) is 0 Å². The van der Waals surface area contributed by atoms with Gasteiger partial charge in [-0.3, -0.25) is 15.1 Å². The third kappa shape index (κ3) is 2.20. The molecule has 0 unspecified atom stereocenters. The van der Waals surface area contributed by atoms with E-state index in [9.17, 15) is 9.18 Å². The Balaban J connectivity index is 2.11. The first-order chi connectivity index (χ1) is 9.63. The molecule has 6 nitrogen and oxygen atoms in total. The quantitative estimate of drug-likeness (QED) is 0.772. The lowest BCUT2D eigenvalue weighted by molar-refractivity contribution is -0.114. The molecule has 3 rings (SSSR count). The lowest BCUT2D eigenvalue weighted by atomic mass is 10.1. The Kier molecular flexibility index (Phi) is 2.86. The van der Waals surface area contributed by atoms with Crippen LogP contribution in [0.25, 0.3) is 16.8 Å². The maximum absolute atomic E-state index is 14.0. The van der Waals surface area contributed by atoms with E-state index in [2.05, 4.69) is 20.4 Å². The topological polar surface area (TPSA) is 72.2 Å². The fraction of sp³-hybridized carbons (Fsp3) is 0.0769. The van der Waals surface area contributed by atoms with E-state index >= 15 is 0 Å². The van der Waals surface area contributed by atoms with Crippen molar-refractivity contribution in [2.45, 2.75) is 6.92 Å². The average molecular weight is 271 g/mol. The Morgan fingerprint density at radius 2 is 2.25 bits per heavy atom. The van der Waals surface area contributed by atoms with Crippen molar-refractivity contribution in [3.8, 4) is 11.1 Å². The second-order valence-corrected chi connectivity index (χ2v) is 4.20. The van der Waals surface area contributed by atoms with Crippen molar-refractivity contribution in [2.75, 3.05) is 5.32 Å². The third-order valence-electron chi connectivity index (χ3n) is 2.67. The van der Waals surface area contributed by atoms with Crippen LogP contribution in [0, 0.1) is 5.82 Å². The largest absolute Gasteiger partial charge is 0.293 e. The first-order valence-electron chi connectivity index (χ1n) is 5.87. The van der Waals surface area contributed by atoms with Crippen LogP contribution in [0.15, 0.2) is 36.8 Å². The van der Waals surface area contributed by atoms with Gasteiger partial charge in [0.25, 0.3) is 0 Å². The number of pyridine rings is 2. The predicted molar refractivity (Wildman–Crippen MR) is 70.5 cm³/mol. The van der Waals surface area contributed by atoms with Gasteiger partial charge in [0, 0.05) is 36.6 Å². The summed E-state index contributed by atoms with van der Waals surface area (Å²) >= 11 is 0. The normalized spacial score (nSPS) is 10.7. The van der Waals surface area contributed by atoms with E-state index < -0.39 is 5.82 Å². The molecule has 0 bridgehead atoms. The van der Waals surface area contributed by atoms with Gasteiger partial charge in [0.2, 0.25) is 11.9 Å². The highest BCUT2D eigenvalue weighted by Gasteiger charge is 2.11. The van der Waals surface area contributed by atoms with Gasteiger partial charge in [0.1, 0.15) is 0 Å². The number of carbonyl (C=O) groups excluding carboxylic acids is 1. The number of carbonyl (C=O) groups is 1. The molecular weight excluding hydrogens is 261 g/mol. The first kappa shape index (κ1) is 12.2. The summed E-state index contributed by atoms with van der Waals surface area (Å²) in [5.41, 5.74) is 1.45. The standard InChI is InChI=1S/C13H10FN5O/c1-8(20)16-13-17-12-11(14)5-10(7-19(12)18-13)9-3-2-4-15-6-9/h2-7H,1H3,(H,16,18,20). The maximum Gasteiger partial charge on any atom is 0.249 e. The zero-order valence-corrected chi connectivity index (χ0v) is 10.5. The van der Waals surface area contributed by atoms with Crippen molar-refractivity contribution in [3.63, 3.8) is 0 Å². The van der Waals surface area contributed by atoms with E-state index in [1.807, 2.05) is 6.07 Å². The number of hydrogen-bond donors (Lipinski definition) is 1. The minimum absolute atomic E-state index is 0.0568. The fourth-order valence-electron chi connectivity index (χ4n) is 1.85. The van der Waals surface area contributed by atoms with Gasteiger partial charge >= 0.3 is 0 Å². The predicted octanol–water partition coefficient (Wildman–Crippen LogP) is 1.89. The van der Waals surface area contributed by atoms with Crippen molar-refractivity contribution in [3.05, 3.63) is 42.6 Å². The van der Waals surface area contributed by atoms with E-state index in [1.54, 1.807) is 24.7 Å². The third-order valence-corrected chi connectivity index (χ3v) is 2.67. The van der Waals surface area contributed by atoms with Gasteiger partial charge in [-0.05, 0) is 12.1 Å². The number of nitrogens with zero attached hydrogens (tertiary/aromatic N) is 4. The van der Waals surface area contributed by atoms with Crippen LogP contribution in [0.3, 0.4) is 0 Å². The van der Waals surface area contributed by atoms with Gasteiger partial charge in [0.15, 0.2) is 11.5 Å². The highest BCUT2D eigenvalue weighted by atomic mass is 19.1. The Bertz CT molecular complexity index is 784. The Morgan fingerprint density at radius 3 is 2.95 bits per heavy atom. The molecule has 1 amide bonds. The van der Waals surface area contributed by atoms with Crippen LogP contribution >= 0.6 is 0 Å². The number of fused-ring (bicyclic) bond motifs is 1. The van der Waals surface area contributed by atoms with E-state index in [4.69, 9.17) is 0 Å². The van der Waals surface area contributed by atoms with E-state index in [-0.39, 0.29) is 17.5 Å². The summed E-state index contributed by atoms with van der Waals surface area (Å²) in [4.78, 5) is 18.9. The van der Waals surface area contributed by atoms with Crippen molar-refractivity contribution in [1.82, 2.24) is 19.6 Å². The second-order valence-electron chi connectivity index (χ2n) is 4.20. The van der Waals surface area contributed by atoms with Crippen LogP contribution in [-0.2, 0) is 4.79 Å². The number of hydrogen-bond acceptors (Lipinski definition) is 4. The summed E-state index contributed by atoms with van der Waals surface area (Å²) in [7, 11) is 0. The molecule has 100 valence electrons. The van der Waals surface area contributed by atoms with Gasteiger partial charge in [-0.2, -0.15) is 4.98 Å². The van der Waals surface area contributed by atoms with Crippen LogP contribution in [0.4, 0.5) is 10.3 Å². The molecule has 0 radical (unpaired) electrons. The Labute approximate surface area is 113 Å². The first-order valence-corrected chi connectivity index (χ1v) is 5.87. The summed E-state index contributed by atoms with van der Waals surface area (Å²) in [6, 6.07) is 4.94. The molecule has 1 N–H and O–H groups in total. The highest BCUT2D eigenvalue weighted by Crippen LogP contribution is 2.21. The van der Waals surface area contributed by atoms with Gasteiger partial charge in [-0.25, -0.2) is 8.91 Å². The monoisotopic (exact) mass is 271 g/mol. The minimum Gasteiger partial charge on any atom is -0.293 e. The lowest BCUT2D eigenvalue weighted by Crippen LogP contribution is -2.07. The molecule has 0 saturated carbocycles. The molecule has 0 aliphatic heterocycles. The molecule has 3 aromatic heterocycles. The Morgan fingerprint density at radius 1 is 1.40 bits per heavy atom. The van der Waals surface area contributed by atoms with Crippen molar-refractivity contribution in [1.29, 1.82) is 0 Å². The number of amides is 1. The highest BCUT2D eigenvalue weighted by molar-refractivity contribution is 5.86. The van der Waals surface area contributed by atoms with E-state index in [0.29, 0.717) is 5.56 Å². The molecule has 3 heterocycles. The number of nitrogens with one attached hydrogen (secondary N) is 1. The van der Waals surface area contributed by atoms with Crippen LogP contribution < -0.4 is 5.32 Å². The SMILES string of the molecule is CC(=O)Nc1nc2c(F)cc(-c3cccnc3)cn2n1. The van der Waals surface area contributed by atoms with Crippen LogP contribution in [-0.4, -0.2) is 25.5 Å². The lowest BCUT2D eigenvalue weighted by Gasteiger charge is -2.01. The minimum atomic E-state index is -0.518. The second kappa shape index (κ2) is 4.69. The zero-order chi connectivity index (χ0) is 14.1. The molecule has 0 spiro atoms. The van der Waals surface area contributed by atoms with Crippen molar-refractivity contribution in [2.24, 2.45) is 0 Å². The van der Waals surface area contributed by atoms with Gasteiger partial charge in [-0.1, -0.05) is 6.07 Å². The zero-order valence-electron chi connectivity index (χ0n) is 10.5. The number of rotatable bonds is 2. The van der Waals surface area contributed by atoms with Gasteiger partial charge in [0.05, 0.1) is 0 Å². The maximum atomic E-state index is 14.0. The number of halogens is 1. The van der Waals surface area contributed by atoms with Crippen LogP contribution in [0.2, 0.25) is 0 Å². The summed E-state index contributed by atoms with van der Waals surface area (Å²) in [6.45, 7) is 1.34. The van der Waals surface area contributed by atoms with E-state index in [0.717, 1.165) is 5.56 Å². The summed E-state index contributed by atoms with van der Waals surface area (Å²) < 4.78 is 15.3. The summed E-state index contributed by atoms with van der Waals surface area (Å²) in [5.74, 6) is -0.760. The molecule has 3 aromatic rings.